The minimum atomic E-state index is -0.194. The highest BCUT2D eigenvalue weighted by Gasteiger charge is 2.20. The van der Waals surface area contributed by atoms with E-state index in [0.717, 1.165) is 25.0 Å². The van der Waals surface area contributed by atoms with Gasteiger partial charge in [0.1, 0.15) is 6.54 Å². The lowest BCUT2D eigenvalue weighted by atomic mass is 9.93. The lowest BCUT2D eigenvalue weighted by Gasteiger charge is -2.15. The van der Waals surface area contributed by atoms with Crippen molar-refractivity contribution in [2.75, 3.05) is 5.32 Å². The molecule has 3 aromatic rings. The molecule has 7 heteroatoms. The van der Waals surface area contributed by atoms with E-state index in [1.807, 2.05) is 6.07 Å². The molecule has 1 amide bonds. The van der Waals surface area contributed by atoms with Crippen molar-refractivity contribution >= 4 is 33.3 Å². The molecule has 0 aliphatic heterocycles. The zero-order valence-corrected chi connectivity index (χ0v) is 14.7. The SMILES string of the molecule is C[C@H]1CCc2nc(NC(=O)Cn3ncc(=O)c4ccccc43)sc2C1. The van der Waals surface area contributed by atoms with Crippen LogP contribution in [-0.4, -0.2) is 20.7 Å². The third-order valence-electron chi connectivity index (χ3n) is 4.49. The number of thiazole rings is 1. The molecule has 1 aliphatic rings. The quantitative estimate of drug-likeness (QED) is 0.784. The number of para-hydroxylation sites is 1. The largest absolute Gasteiger partial charge is 0.300 e. The van der Waals surface area contributed by atoms with Gasteiger partial charge in [-0.25, -0.2) is 4.98 Å². The lowest BCUT2D eigenvalue weighted by molar-refractivity contribution is -0.116. The summed E-state index contributed by atoms with van der Waals surface area (Å²) < 4.78 is 1.54. The van der Waals surface area contributed by atoms with Crippen molar-refractivity contribution in [3.8, 4) is 0 Å². The summed E-state index contributed by atoms with van der Waals surface area (Å²) in [5.74, 6) is 0.480. The number of nitrogens with one attached hydrogen (secondary N) is 1. The van der Waals surface area contributed by atoms with Crippen LogP contribution in [0.3, 0.4) is 0 Å². The highest BCUT2D eigenvalue weighted by atomic mass is 32.1. The minimum absolute atomic E-state index is 0.0431. The Morgan fingerprint density at radius 2 is 2.24 bits per heavy atom. The van der Waals surface area contributed by atoms with Crippen LogP contribution in [-0.2, 0) is 24.2 Å². The van der Waals surface area contributed by atoms with E-state index >= 15 is 0 Å². The summed E-state index contributed by atoms with van der Waals surface area (Å²) >= 11 is 1.56. The third-order valence-corrected chi connectivity index (χ3v) is 5.52. The first kappa shape index (κ1) is 16.0. The molecule has 1 aromatic carbocycles. The molecule has 4 rings (SSSR count). The molecule has 0 radical (unpaired) electrons. The van der Waals surface area contributed by atoms with Crippen molar-refractivity contribution in [2.45, 2.75) is 32.7 Å². The summed E-state index contributed by atoms with van der Waals surface area (Å²) in [6.07, 6.45) is 4.42. The van der Waals surface area contributed by atoms with E-state index in [0.29, 0.717) is 22.0 Å². The number of rotatable bonds is 3. The molecule has 0 saturated heterocycles. The topological polar surface area (TPSA) is 76.9 Å². The van der Waals surface area contributed by atoms with Crippen LogP contribution in [0.1, 0.15) is 23.9 Å². The average molecular weight is 354 g/mol. The summed E-state index contributed by atoms with van der Waals surface area (Å²) in [7, 11) is 0. The van der Waals surface area contributed by atoms with Crippen LogP contribution in [0.25, 0.3) is 10.9 Å². The fourth-order valence-corrected chi connectivity index (χ4v) is 4.36. The van der Waals surface area contributed by atoms with Crippen LogP contribution >= 0.6 is 11.3 Å². The Hall–Kier alpha value is -2.54. The van der Waals surface area contributed by atoms with E-state index in [2.05, 4.69) is 22.3 Å². The maximum Gasteiger partial charge on any atom is 0.247 e. The van der Waals surface area contributed by atoms with Crippen molar-refractivity contribution in [2.24, 2.45) is 5.92 Å². The van der Waals surface area contributed by atoms with Gasteiger partial charge in [0.05, 0.1) is 17.4 Å². The van der Waals surface area contributed by atoms with Gasteiger partial charge in [-0.3, -0.25) is 14.3 Å². The third kappa shape index (κ3) is 3.19. The van der Waals surface area contributed by atoms with Gasteiger partial charge in [-0.05, 0) is 37.3 Å². The number of aryl methyl sites for hydroxylation is 1. The monoisotopic (exact) mass is 354 g/mol. The van der Waals surface area contributed by atoms with E-state index in [4.69, 9.17) is 0 Å². The minimum Gasteiger partial charge on any atom is -0.300 e. The van der Waals surface area contributed by atoms with Gasteiger partial charge < -0.3 is 5.32 Å². The van der Waals surface area contributed by atoms with E-state index < -0.39 is 0 Å². The van der Waals surface area contributed by atoms with Crippen molar-refractivity contribution in [1.29, 1.82) is 0 Å². The summed E-state index contributed by atoms with van der Waals surface area (Å²) in [6, 6.07) is 7.16. The molecule has 0 bridgehead atoms. The Balaban J connectivity index is 1.54. The molecule has 1 atom stereocenters. The highest BCUT2D eigenvalue weighted by Crippen LogP contribution is 2.32. The molecule has 2 heterocycles. The second kappa shape index (κ2) is 6.40. The molecule has 128 valence electrons. The molecule has 1 N–H and O–H groups in total. The van der Waals surface area contributed by atoms with Gasteiger partial charge in [0.25, 0.3) is 0 Å². The Kier molecular flexibility index (Phi) is 4.09. The summed E-state index contributed by atoms with van der Waals surface area (Å²) in [4.78, 5) is 30.1. The second-order valence-electron chi connectivity index (χ2n) is 6.47. The van der Waals surface area contributed by atoms with Crippen molar-refractivity contribution in [3.63, 3.8) is 0 Å². The van der Waals surface area contributed by atoms with Gasteiger partial charge in [0.2, 0.25) is 11.3 Å². The van der Waals surface area contributed by atoms with Gasteiger partial charge in [-0.15, -0.1) is 11.3 Å². The number of carbonyl (C=O) groups is 1. The van der Waals surface area contributed by atoms with E-state index in [1.165, 1.54) is 11.1 Å². The number of aromatic nitrogens is 3. The molecule has 2 aromatic heterocycles. The van der Waals surface area contributed by atoms with Gasteiger partial charge in [-0.2, -0.15) is 5.10 Å². The smallest absolute Gasteiger partial charge is 0.247 e. The second-order valence-corrected chi connectivity index (χ2v) is 7.55. The summed E-state index contributed by atoms with van der Waals surface area (Å²) in [5.41, 5.74) is 1.62. The Bertz CT molecular complexity index is 1010. The summed E-state index contributed by atoms with van der Waals surface area (Å²) in [5, 5.41) is 8.17. The van der Waals surface area contributed by atoms with Gasteiger partial charge in [0, 0.05) is 10.3 Å². The van der Waals surface area contributed by atoms with E-state index in [-0.39, 0.29) is 17.9 Å². The number of benzene rings is 1. The van der Waals surface area contributed by atoms with Crippen LogP contribution in [0.2, 0.25) is 0 Å². The van der Waals surface area contributed by atoms with Crippen molar-refractivity contribution in [3.05, 3.63) is 51.3 Å². The Morgan fingerprint density at radius 1 is 1.40 bits per heavy atom. The zero-order valence-electron chi connectivity index (χ0n) is 13.9. The van der Waals surface area contributed by atoms with Crippen LogP contribution < -0.4 is 10.7 Å². The molecule has 0 saturated carbocycles. The van der Waals surface area contributed by atoms with Crippen molar-refractivity contribution < 1.29 is 4.79 Å². The van der Waals surface area contributed by atoms with Crippen LogP contribution in [0, 0.1) is 5.92 Å². The average Bonchev–Trinajstić information content (AvgIpc) is 2.99. The predicted octanol–water partition coefficient (Wildman–Crippen LogP) is 2.62. The first-order valence-corrected chi connectivity index (χ1v) is 9.15. The van der Waals surface area contributed by atoms with E-state index in [9.17, 15) is 9.59 Å². The van der Waals surface area contributed by atoms with Crippen LogP contribution in [0.5, 0.6) is 0 Å². The van der Waals surface area contributed by atoms with Gasteiger partial charge >= 0.3 is 0 Å². The molecule has 0 fully saturated rings. The molecule has 0 unspecified atom stereocenters. The van der Waals surface area contributed by atoms with Crippen LogP contribution in [0.15, 0.2) is 35.3 Å². The number of fused-ring (bicyclic) bond motifs is 2. The number of hydrogen-bond donors (Lipinski definition) is 1. The number of anilines is 1. The van der Waals surface area contributed by atoms with Gasteiger partial charge in [0.15, 0.2) is 5.13 Å². The highest BCUT2D eigenvalue weighted by molar-refractivity contribution is 7.15. The maximum atomic E-state index is 12.4. The lowest BCUT2D eigenvalue weighted by Crippen LogP contribution is -2.22. The first-order valence-electron chi connectivity index (χ1n) is 8.33. The molecule has 6 nitrogen and oxygen atoms in total. The van der Waals surface area contributed by atoms with Crippen molar-refractivity contribution in [1.82, 2.24) is 14.8 Å². The fourth-order valence-electron chi connectivity index (χ4n) is 3.18. The Labute approximate surface area is 148 Å². The van der Waals surface area contributed by atoms with E-state index in [1.54, 1.807) is 34.2 Å². The normalized spacial score (nSPS) is 16.6. The number of nitrogens with zero attached hydrogens (tertiary/aromatic N) is 3. The van der Waals surface area contributed by atoms with Gasteiger partial charge in [-0.1, -0.05) is 19.1 Å². The standard InChI is InChI=1S/C18H18N4O2S/c1-11-6-7-13-16(8-11)25-18(20-13)21-17(24)10-22-14-5-3-2-4-12(14)15(23)9-19-22/h2-5,9,11H,6-8,10H2,1H3,(H,20,21,24)/t11-/m0/s1. The molecule has 1 aliphatic carbocycles. The van der Waals surface area contributed by atoms with Crippen LogP contribution in [0.4, 0.5) is 5.13 Å². The first-order chi connectivity index (χ1) is 12.1. The fraction of sp³-hybridized carbons (Fsp3) is 0.333. The zero-order chi connectivity index (χ0) is 17.4. The summed E-state index contributed by atoms with van der Waals surface area (Å²) in [6.45, 7) is 2.29. The molecule has 25 heavy (non-hydrogen) atoms. The Morgan fingerprint density at radius 3 is 3.12 bits per heavy atom. The molecular weight excluding hydrogens is 336 g/mol. The number of amides is 1. The number of hydrogen-bond acceptors (Lipinski definition) is 5. The predicted molar refractivity (Wildman–Crippen MR) is 97.9 cm³/mol. The molecule has 0 spiro atoms. The number of carbonyl (C=O) groups excluding carboxylic acids is 1. The molecular formula is C18H18N4O2S. The maximum absolute atomic E-state index is 12.4.